The van der Waals surface area contributed by atoms with Gasteiger partial charge in [0, 0.05) is 37.9 Å². The lowest BCUT2D eigenvalue weighted by Gasteiger charge is -2.29. The van der Waals surface area contributed by atoms with Crippen LogP contribution in [0.25, 0.3) is 0 Å². The van der Waals surface area contributed by atoms with Gasteiger partial charge in [0.1, 0.15) is 0 Å². The van der Waals surface area contributed by atoms with E-state index in [2.05, 4.69) is 53.4 Å². The zero-order valence-electron chi connectivity index (χ0n) is 12.9. The van der Waals surface area contributed by atoms with Crippen LogP contribution in [-0.2, 0) is 4.79 Å². The molecule has 0 aromatic carbocycles. The smallest absolute Gasteiger partial charge is 0.222 e. The monoisotopic (exact) mass is 332 g/mol. The van der Waals surface area contributed by atoms with Gasteiger partial charge in [-0.05, 0) is 24.3 Å². The molecule has 1 atom stereocenters. The molecule has 19 heavy (non-hydrogen) atoms. The van der Waals surface area contributed by atoms with E-state index in [-0.39, 0.29) is 5.41 Å². The third-order valence-corrected chi connectivity index (χ3v) is 4.66. The molecule has 1 rings (SSSR count). The average Bonchev–Trinajstić information content (AvgIpc) is 2.54. The Morgan fingerprint density at radius 2 is 1.89 bits per heavy atom. The summed E-state index contributed by atoms with van der Waals surface area (Å²) in [5.41, 5.74) is 0.212. The summed E-state index contributed by atoms with van der Waals surface area (Å²) >= 11 is 3.49. The molecule has 0 N–H and O–H groups in total. The van der Waals surface area contributed by atoms with Gasteiger partial charge in [0.25, 0.3) is 0 Å². The van der Waals surface area contributed by atoms with E-state index in [0.717, 1.165) is 44.5 Å². The molecule has 112 valence electrons. The fourth-order valence-corrected chi connectivity index (χ4v) is 2.76. The fraction of sp³-hybridized carbons (Fsp3) is 0.933. The van der Waals surface area contributed by atoms with Crippen molar-refractivity contribution in [2.45, 2.75) is 40.5 Å². The second-order valence-corrected chi connectivity index (χ2v) is 7.53. The topological polar surface area (TPSA) is 23.6 Å². The van der Waals surface area contributed by atoms with E-state index in [1.165, 1.54) is 0 Å². The van der Waals surface area contributed by atoms with E-state index in [0.29, 0.717) is 18.2 Å². The molecule has 0 saturated carbocycles. The Hall–Kier alpha value is -0.0900. The second kappa shape index (κ2) is 7.63. The van der Waals surface area contributed by atoms with E-state index < -0.39 is 0 Å². The summed E-state index contributed by atoms with van der Waals surface area (Å²) in [7, 11) is 0. The van der Waals surface area contributed by atoms with Gasteiger partial charge >= 0.3 is 0 Å². The quantitative estimate of drug-likeness (QED) is 0.739. The van der Waals surface area contributed by atoms with Crippen molar-refractivity contribution in [3.8, 4) is 0 Å². The van der Waals surface area contributed by atoms with Crippen molar-refractivity contribution < 1.29 is 4.79 Å². The largest absolute Gasteiger partial charge is 0.341 e. The van der Waals surface area contributed by atoms with Crippen LogP contribution >= 0.6 is 15.9 Å². The van der Waals surface area contributed by atoms with Gasteiger partial charge in [-0.15, -0.1) is 0 Å². The number of alkyl halides is 1. The fourth-order valence-electron chi connectivity index (χ4n) is 2.26. The number of hydrogen-bond acceptors (Lipinski definition) is 2. The molecule has 1 saturated heterocycles. The molecular formula is C15H29BrN2O. The summed E-state index contributed by atoms with van der Waals surface area (Å²) in [5, 5.41) is 1.02. The molecule has 0 aromatic rings. The molecule has 1 aliphatic heterocycles. The van der Waals surface area contributed by atoms with Crippen LogP contribution in [0.4, 0.5) is 0 Å². The van der Waals surface area contributed by atoms with Crippen molar-refractivity contribution in [1.82, 2.24) is 9.80 Å². The third-order valence-electron chi connectivity index (χ3n) is 4.30. The first-order valence-corrected chi connectivity index (χ1v) is 8.53. The van der Waals surface area contributed by atoms with E-state index in [1.807, 2.05) is 0 Å². The molecular weight excluding hydrogens is 304 g/mol. The van der Waals surface area contributed by atoms with Crippen molar-refractivity contribution in [2.24, 2.45) is 11.3 Å². The number of nitrogens with zero attached hydrogens (tertiary/aromatic N) is 2. The van der Waals surface area contributed by atoms with E-state index in [1.54, 1.807) is 0 Å². The third kappa shape index (κ3) is 5.82. The van der Waals surface area contributed by atoms with Crippen LogP contribution in [0.15, 0.2) is 0 Å². The number of carbonyl (C=O) groups is 1. The van der Waals surface area contributed by atoms with Crippen molar-refractivity contribution >= 4 is 21.8 Å². The van der Waals surface area contributed by atoms with Gasteiger partial charge < -0.3 is 9.80 Å². The molecule has 1 amide bonds. The van der Waals surface area contributed by atoms with Crippen LogP contribution in [0, 0.1) is 11.3 Å². The van der Waals surface area contributed by atoms with Gasteiger partial charge in [-0.2, -0.15) is 0 Å². The zero-order valence-corrected chi connectivity index (χ0v) is 14.5. The van der Waals surface area contributed by atoms with Crippen LogP contribution in [-0.4, -0.2) is 53.8 Å². The molecule has 1 unspecified atom stereocenters. The Morgan fingerprint density at radius 1 is 1.21 bits per heavy atom. The predicted octanol–water partition coefficient (Wildman–Crippen LogP) is 2.99. The van der Waals surface area contributed by atoms with E-state index in [4.69, 9.17) is 0 Å². The van der Waals surface area contributed by atoms with Crippen LogP contribution in [0.5, 0.6) is 0 Å². The molecule has 0 spiro atoms. The molecule has 0 radical (unpaired) electrons. The highest BCUT2D eigenvalue weighted by Crippen LogP contribution is 2.28. The van der Waals surface area contributed by atoms with Crippen LogP contribution < -0.4 is 0 Å². The highest BCUT2D eigenvalue weighted by atomic mass is 79.9. The van der Waals surface area contributed by atoms with Crippen LogP contribution in [0.3, 0.4) is 0 Å². The van der Waals surface area contributed by atoms with Crippen molar-refractivity contribution in [3.05, 3.63) is 0 Å². The van der Waals surface area contributed by atoms with Gasteiger partial charge in [0.05, 0.1) is 0 Å². The second-order valence-electron chi connectivity index (χ2n) is 6.74. The van der Waals surface area contributed by atoms with Crippen molar-refractivity contribution in [1.29, 1.82) is 0 Å². The van der Waals surface area contributed by atoms with Crippen LogP contribution in [0.1, 0.15) is 40.5 Å². The Morgan fingerprint density at radius 3 is 2.47 bits per heavy atom. The molecule has 0 aromatic heterocycles. The lowest BCUT2D eigenvalue weighted by Crippen LogP contribution is -2.37. The molecule has 1 heterocycles. The first-order chi connectivity index (χ1) is 8.84. The highest BCUT2D eigenvalue weighted by molar-refractivity contribution is 9.09. The molecule has 3 nitrogen and oxygen atoms in total. The Kier molecular flexibility index (Phi) is 6.81. The summed E-state index contributed by atoms with van der Waals surface area (Å²) in [4.78, 5) is 16.9. The molecule has 1 aliphatic rings. The summed E-state index contributed by atoms with van der Waals surface area (Å²) in [6.45, 7) is 13.9. The van der Waals surface area contributed by atoms with Crippen molar-refractivity contribution in [2.75, 3.05) is 38.1 Å². The van der Waals surface area contributed by atoms with E-state index >= 15 is 0 Å². The summed E-state index contributed by atoms with van der Waals surface area (Å²) < 4.78 is 0. The molecule has 0 bridgehead atoms. The lowest BCUT2D eigenvalue weighted by molar-refractivity contribution is -0.132. The standard InChI is InChI=1S/C15H29BrN2O/c1-13(15(2,3)4)12-14(19)18-8-5-7-17(9-6-16)10-11-18/h13H,5-12H2,1-4H3. The Labute approximate surface area is 126 Å². The first kappa shape index (κ1) is 17.0. The number of halogens is 1. The van der Waals surface area contributed by atoms with Gasteiger partial charge in [-0.25, -0.2) is 0 Å². The number of rotatable bonds is 4. The lowest BCUT2D eigenvalue weighted by atomic mass is 9.80. The van der Waals surface area contributed by atoms with Gasteiger partial charge in [-0.1, -0.05) is 43.6 Å². The maximum Gasteiger partial charge on any atom is 0.222 e. The predicted molar refractivity (Wildman–Crippen MR) is 84.7 cm³/mol. The Balaban J connectivity index is 2.45. The number of amides is 1. The molecule has 0 aliphatic carbocycles. The average molecular weight is 333 g/mol. The number of hydrogen-bond donors (Lipinski definition) is 0. The van der Waals surface area contributed by atoms with Crippen LogP contribution in [0.2, 0.25) is 0 Å². The minimum absolute atomic E-state index is 0.212. The van der Waals surface area contributed by atoms with Gasteiger partial charge in [0.15, 0.2) is 0 Å². The summed E-state index contributed by atoms with van der Waals surface area (Å²) in [5.74, 6) is 0.769. The SMILES string of the molecule is CC(CC(=O)N1CCCN(CCBr)CC1)C(C)(C)C. The van der Waals surface area contributed by atoms with Gasteiger partial charge in [-0.3, -0.25) is 4.79 Å². The minimum Gasteiger partial charge on any atom is -0.341 e. The first-order valence-electron chi connectivity index (χ1n) is 7.40. The summed E-state index contributed by atoms with van der Waals surface area (Å²) in [6, 6.07) is 0. The highest BCUT2D eigenvalue weighted by Gasteiger charge is 2.26. The minimum atomic E-state index is 0.212. The summed E-state index contributed by atoms with van der Waals surface area (Å²) in [6.07, 6.45) is 1.78. The zero-order chi connectivity index (χ0) is 14.5. The van der Waals surface area contributed by atoms with Gasteiger partial charge in [0.2, 0.25) is 5.91 Å². The van der Waals surface area contributed by atoms with Crippen molar-refractivity contribution in [3.63, 3.8) is 0 Å². The normalized spacial score (nSPS) is 20.2. The molecule has 1 fully saturated rings. The number of carbonyl (C=O) groups excluding carboxylic acids is 1. The maximum absolute atomic E-state index is 12.4. The van der Waals surface area contributed by atoms with E-state index in [9.17, 15) is 4.79 Å². The molecule has 4 heteroatoms. The maximum atomic E-state index is 12.4. The Bertz CT molecular complexity index is 288.